The average Bonchev–Trinajstić information content (AvgIpc) is 2.97. The van der Waals surface area contributed by atoms with Gasteiger partial charge in [0, 0.05) is 43.3 Å². The molecule has 1 aliphatic heterocycles. The van der Waals surface area contributed by atoms with Crippen LogP contribution < -0.4 is 14.8 Å². The number of nitrogens with one attached hydrogen (secondary N) is 1. The van der Waals surface area contributed by atoms with Crippen LogP contribution in [0.25, 0.3) is 22.0 Å². The van der Waals surface area contributed by atoms with Crippen molar-refractivity contribution < 1.29 is 19.1 Å². The van der Waals surface area contributed by atoms with Gasteiger partial charge < -0.3 is 24.6 Å². The fourth-order valence-corrected chi connectivity index (χ4v) is 4.49. The maximum atomic E-state index is 13.1. The zero-order valence-corrected chi connectivity index (χ0v) is 22.1. The standard InChI is InChI=1S/C29H30N6O4/c1-19(28(36)35-13-11-34(2)12-14-35)33-26-23-15-20(9-10-25(23)31-18-32-26)21-16-24(27(38-3)30-17-21)29(37)39-22-7-5-4-6-8-22/h4-10,15-19H,11-14H2,1-3H3,(H,31,32,33)/t19-/m0/s1. The lowest BCUT2D eigenvalue weighted by molar-refractivity contribution is -0.133. The summed E-state index contributed by atoms with van der Waals surface area (Å²) < 4.78 is 10.8. The van der Waals surface area contributed by atoms with Gasteiger partial charge in [0.1, 0.15) is 29.5 Å². The summed E-state index contributed by atoms with van der Waals surface area (Å²) in [6, 6.07) is 15.7. The summed E-state index contributed by atoms with van der Waals surface area (Å²) in [5, 5.41) is 4.03. The van der Waals surface area contributed by atoms with E-state index in [2.05, 4.69) is 32.2 Å². The summed E-state index contributed by atoms with van der Waals surface area (Å²) in [5.74, 6) is 0.611. The van der Waals surface area contributed by atoms with E-state index in [4.69, 9.17) is 9.47 Å². The van der Waals surface area contributed by atoms with E-state index >= 15 is 0 Å². The molecule has 4 aromatic rings. The van der Waals surface area contributed by atoms with Crippen molar-refractivity contribution in [2.75, 3.05) is 45.7 Å². The van der Waals surface area contributed by atoms with Crippen molar-refractivity contribution in [1.29, 1.82) is 0 Å². The van der Waals surface area contributed by atoms with E-state index in [0.717, 1.165) is 29.6 Å². The molecule has 1 saturated heterocycles. The lowest BCUT2D eigenvalue weighted by Gasteiger charge is -2.34. The largest absolute Gasteiger partial charge is 0.480 e. The number of rotatable bonds is 7. The molecule has 0 aliphatic carbocycles. The number of hydrogen-bond acceptors (Lipinski definition) is 9. The number of anilines is 1. The fraction of sp³-hybridized carbons (Fsp3) is 0.276. The van der Waals surface area contributed by atoms with E-state index in [0.29, 0.717) is 30.2 Å². The topological polar surface area (TPSA) is 110 Å². The number of hydrogen-bond donors (Lipinski definition) is 1. The number of esters is 1. The minimum Gasteiger partial charge on any atom is -0.480 e. The summed E-state index contributed by atoms with van der Waals surface area (Å²) in [7, 11) is 3.51. The first-order valence-corrected chi connectivity index (χ1v) is 12.7. The van der Waals surface area contributed by atoms with Gasteiger partial charge in [-0.1, -0.05) is 24.3 Å². The summed E-state index contributed by atoms with van der Waals surface area (Å²) in [4.78, 5) is 43.3. The molecule has 0 bridgehead atoms. The SMILES string of the molecule is COc1ncc(-c2ccc3ncnc(N[C@@H](C)C(=O)N4CCN(C)CC4)c3c2)cc1C(=O)Oc1ccccc1. The van der Waals surface area contributed by atoms with Crippen LogP contribution in [0, 0.1) is 0 Å². The predicted octanol–water partition coefficient (Wildman–Crippen LogP) is 3.49. The predicted molar refractivity (Wildman–Crippen MR) is 148 cm³/mol. The third-order valence-corrected chi connectivity index (χ3v) is 6.73. The monoisotopic (exact) mass is 526 g/mol. The molecule has 1 fully saturated rings. The molecule has 1 amide bonds. The van der Waals surface area contributed by atoms with Gasteiger partial charge in [-0.15, -0.1) is 0 Å². The number of amides is 1. The number of aromatic nitrogens is 3. The molecule has 10 heteroatoms. The number of pyridine rings is 1. The highest BCUT2D eigenvalue weighted by Gasteiger charge is 2.24. The lowest BCUT2D eigenvalue weighted by Crippen LogP contribution is -2.51. The van der Waals surface area contributed by atoms with Gasteiger partial charge in [-0.2, -0.15) is 0 Å². The number of benzene rings is 2. The van der Waals surface area contributed by atoms with Gasteiger partial charge in [-0.3, -0.25) is 4.79 Å². The molecule has 2 aromatic carbocycles. The molecule has 0 saturated carbocycles. The van der Waals surface area contributed by atoms with Crippen LogP contribution in [0.3, 0.4) is 0 Å². The van der Waals surface area contributed by atoms with Gasteiger partial charge in [0.25, 0.3) is 0 Å². The first-order valence-electron chi connectivity index (χ1n) is 12.7. The second-order valence-corrected chi connectivity index (χ2v) is 9.43. The van der Waals surface area contributed by atoms with Crippen LogP contribution in [0.1, 0.15) is 17.3 Å². The molecule has 3 heterocycles. The van der Waals surface area contributed by atoms with Crippen LogP contribution in [0.5, 0.6) is 11.6 Å². The molecular weight excluding hydrogens is 496 g/mol. The summed E-state index contributed by atoms with van der Waals surface area (Å²) in [6.07, 6.45) is 3.11. The molecule has 0 unspecified atom stereocenters. The first-order chi connectivity index (χ1) is 18.9. The van der Waals surface area contributed by atoms with E-state index in [9.17, 15) is 9.59 Å². The zero-order valence-electron chi connectivity index (χ0n) is 22.1. The highest BCUT2D eigenvalue weighted by molar-refractivity contribution is 5.97. The van der Waals surface area contributed by atoms with Crippen molar-refractivity contribution in [3.8, 4) is 22.8 Å². The Morgan fingerprint density at radius 1 is 0.949 bits per heavy atom. The van der Waals surface area contributed by atoms with E-state index in [1.165, 1.54) is 13.4 Å². The minimum atomic E-state index is -0.574. The Balaban J connectivity index is 1.42. The van der Waals surface area contributed by atoms with Gasteiger partial charge >= 0.3 is 5.97 Å². The van der Waals surface area contributed by atoms with E-state index in [1.54, 1.807) is 36.5 Å². The molecule has 0 spiro atoms. The third-order valence-electron chi connectivity index (χ3n) is 6.73. The van der Waals surface area contributed by atoms with Crippen LogP contribution in [-0.4, -0.2) is 83.0 Å². The van der Waals surface area contributed by atoms with Gasteiger partial charge in [0.15, 0.2) is 0 Å². The van der Waals surface area contributed by atoms with Crippen molar-refractivity contribution in [3.63, 3.8) is 0 Å². The molecule has 1 aliphatic rings. The smallest absolute Gasteiger partial charge is 0.349 e. The van der Waals surface area contributed by atoms with Gasteiger partial charge in [-0.25, -0.2) is 19.7 Å². The quantitative estimate of drug-likeness (QED) is 0.286. The fourth-order valence-electron chi connectivity index (χ4n) is 4.49. The molecule has 39 heavy (non-hydrogen) atoms. The maximum Gasteiger partial charge on any atom is 0.349 e. The minimum absolute atomic E-state index is 0.0342. The highest BCUT2D eigenvalue weighted by atomic mass is 16.5. The molecule has 2 aromatic heterocycles. The van der Waals surface area contributed by atoms with E-state index in [1.807, 2.05) is 36.1 Å². The normalized spacial score (nSPS) is 14.6. The third kappa shape index (κ3) is 5.80. The van der Waals surface area contributed by atoms with Gasteiger partial charge in [-0.05, 0) is 49.9 Å². The molecule has 5 rings (SSSR count). The molecule has 0 radical (unpaired) electrons. The number of carbonyl (C=O) groups excluding carboxylic acids is 2. The van der Waals surface area contributed by atoms with Crippen LogP contribution >= 0.6 is 0 Å². The number of para-hydroxylation sites is 1. The Bertz CT molecular complexity index is 1490. The maximum absolute atomic E-state index is 13.1. The molecule has 1 N–H and O–H groups in total. The van der Waals surface area contributed by atoms with Crippen molar-refractivity contribution in [2.24, 2.45) is 0 Å². The van der Waals surface area contributed by atoms with E-state index < -0.39 is 12.0 Å². The van der Waals surface area contributed by atoms with Crippen LogP contribution in [0.4, 0.5) is 5.82 Å². The summed E-state index contributed by atoms with van der Waals surface area (Å²) in [5.41, 5.74) is 2.41. The Morgan fingerprint density at radius 3 is 2.46 bits per heavy atom. The number of methoxy groups -OCH3 is 1. The second-order valence-electron chi connectivity index (χ2n) is 9.43. The Labute approximate surface area is 226 Å². The number of piperazine rings is 1. The lowest BCUT2D eigenvalue weighted by atomic mass is 10.0. The molecule has 1 atom stereocenters. The summed E-state index contributed by atoms with van der Waals surface area (Å²) in [6.45, 7) is 4.96. The Hall–Kier alpha value is -4.57. The van der Waals surface area contributed by atoms with Crippen LogP contribution in [-0.2, 0) is 4.79 Å². The molecule has 200 valence electrons. The second kappa shape index (κ2) is 11.4. The molecule has 10 nitrogen and oxygen atoms in total. The van der Waals surface area contributed by atoms with Gasteiger partial charge in [0.05, 0.1) is 12.6 Å². The number of fused-ring (bicyclic) bond motifs is 1. The van der Waals surface area contributed by atoms with Crippen molar-refractivity contribution in [1.82, 2.24) is 24.8 Å². The van der Waals surface area contributed by atoms with Gasteiger partial charge in [0.2, 0.25) is 11.8 Å². The number of ether oxygens (including phenoxy) is 2. The highest BCUT2D eigenvalue weighted by Crippen LogP contribution is 2.30. The Morgan fingerprint density at radius 2 is 1.72 bits per heavy atom. The van der Waals surface area contributed by atoms with E-state index in [-0.39, 0.29) is 17.4 Å². The molecular formula is C29H30N6O4. The zero-order chi connectivity index (χ0) is 27.4. The van der Waals surface area contributed by atoms with Crippen molar-refractivity contribution >= 4 is 28.6 Å². The number of nitrogens with zero attached hydrogens (tertiary/aromatic N) is 5. The average molecular weight is 527 g/mol. The number of likely N-dealkylation sites (N-methyl/N-ethyl adjacent to an activating group) is 1. The van der Waals surface area contributed by atoms with Crippen molar-refractivity contribution in [3.05, 3.63) is 72.7 Å². The van der Waals surface area contributed by atoms with Crippen molar-refractivity contribution in [2.45, 2.75) is 13.0 Å². The Kier molecular flexibility index (Phi) is 7.64. The number of carbonyl (C=O) groups is 2. The van der Waals surface area contributed by atoms with Crippen LogP contribution in [0.15, 0.2) is 67.1 Å². The van der Waals surface area contributed by atoms with Crippen LogP contribution in [0.2, 0.25) is 0 Å². The summed E-state index contributed by atoms with van der Waals surface area (Å²) >= 11 is 0. The first kappa shape index (κ1) is 26.1.